The van der Waals surface area contributed by atoms with Crippen molar-refractivity contribution >= 4 is 6.09 Å². The third kappa shape index (κ3) is 6.67. The minimum atomic E-state index is -0.701. The number of carbonyl (C=O) groups is 1. The lowest BCUT2D eigenvalue weighted by Gasteiger charge is -2.26. The highest BCUT2D eigenvalue weighted by Crippen LogP contribution is 2.32. The molecule has 3 rings (SSSR count). The number of benzene rings is 1. The minimum Gasteiger partial charge on any atom is -0.443 e. The van der Waals surface area contributed by atoms with Crippen molar-refractivity contribution in [2.45, 2.75) is 57.6 Å². The Morgan fingerprint density at radius 3 is 2.79 bits per heavy atom. The van der Waals surface area contributed by atoms with Gasteiger partial charge in [-0.3, -0.25) is 0 Å². The molecule has 0 radical (unpaired) electrons. The van der Waals surface area contributed by atoms with E-state index in [9.17, 15) is 9.90 Å². The molecule has 0 aliphatic carbocycles. The van der Waals surface area contributed by atoms with Crippen LogP contribution in [0.4, 0.5) is 4.79 Å². The van der Waals surface area contributed by atoms with Crippen LogP contribution in [0.3, 0.4) is 0 Å². The molecule has 7 nitrogen and oxygen atoms in total. The van der Waals surface area contributed by atoms with Gasteiger partial charge in [0.15, 0.2) is 6.29 Å². The van der Waals surface area contributed by atoms with Crippen LogP contribution in [0.5, 0.6) is 0 Å². The Hall–Kier alpha value is -1.67. The minimum absolute atomic E-state index is 0.0983. The molecule has 2 saturated heterocycles. The predicted molar refractivity (Wildman–Crippen MR) is 109 cm³/mol. The Morgan fingerprint density at radius 1 is 1.24 bits per heavy atom. The van der Waals surface area contributed by atoms with Gasteiger partial charge in [-0.2, -0.15) is 0 Å². The lowest BCUT2D eigenvalue weighted by molar-refractivity contribution is -0.0907. The highest BCUT2D eigenvalue weighted by Gasteiger charge is 2.44. The smallest absolute Gasteiger partial charge is 0.407 e. The number of ether oxygens (including phenoxy) is 3. The maximum atomic E-state index is 12.5. The largest absolute Gasteiger partial charge is 0.443 e. The van der Waals surface area contributed by atoms with E-state index < -0.39 is 18.2 Å². The summed E-state index contributed by atoms with van der Waals surface area (Å²) in [5.41, 5.74) is 1.17. The van der Waals surface area contributed by atoms with Crippen molar-refractivity contribution in [2.24, 2.45) is 11.8 Å². The van der Waals surface area contributed by atoms with Crippen molar-refractivity contribution in [3.8, 4) is 0 Å². The quantitative estimate of drug-likeness (QED) is 0.551. The summed E-state index contributed by atoms with van der Waals surface area (Å²) in [7, 11) is 0. The maximum Gasteiger partial charge on any atom is 0.407 e. The van der Waals surface area contributed by atoms with E-state index in [1.165, 1.54) is 5.56 Å². The van der Waals surface area contributed by atoms with E-state index in [-0.39, 0.29) is 18.3 Å². The Labute approximate surface area is 173 Å². The molecular weight excluding hydrogens is 372 g/mol. The van der Waals surface area contributed by atoms with Crippen LogP contribution in [-0.2, 0) is 20.6 Å². The molecule has 1 aromatic rings. The van der Waals surface area contributed by atoms with E-state index in [4.69, 9.17) is 14.2 Å². The summed E-state index contributed by atoms with van der Waals surface area (Å²) < 4.78 is 16.6. The fraction of sp³-hybridized carbons (Fsp3) is 0.682. The fourth-order valence-electron chi connectivity index (χ4n) is 3.86. The van der Waals surface area contributed by atoms with Crippen LogP contribution in [-0.4, -0.2) is 62.0 Å². The number of rotatable bonds is 10. The number of aliphatic hydroxyl groups is 1. The maximum absolute atomic E-state index is 12.5. The van der Waals surface area contributed by atoms with Crippen molar-refractivity contribution in [1.82, 2.24) is 10.6 Å². The van der Waals surface area contributed by atoms with Crippen LogP contribution in [0, 0.1) is 11.8 Å². The van der Waals surface area contributed by atoms with Gasteiger partial charge in [-0.15, -0.1) is 0 Å². The zero-order valence-electron chi connectivity index (χ0n) is 17.4. The molecular formula is C22H34N2O5. The predicted octanol–water partition coefficient (Wildman–Crippen LogP) is 2.08. The summed E-state index contributed by atoms with van der Waals surface area (Å²) in [6.45, 7) is 6.46. The first-order valence-electron chi connectivity index (χ1n) is 10.7. The number of carbonyl (C=O) groups excluding carboxylic acids is 1. The molecule has 5 unspecified atom stereocenters. The Kier molecular flexibility index (Phi) is 8.29. The number of hydrogen-bond acceptors (Lipinski definition) is 6. The summed E-state index contributed by atoms with van der Waals surface area (Å²) in [5.74, 6) is 0.591. The summed E-state index contributed by atoms with van der Waals surface area (Å²) in [6, 6.07) is 9.66. The molecule has 162 valence electrons. The lowest BCUT2D eigenvalue weighted by atomic mass is 10.0. The molecule has 7 heteroatoms. The molecule has 0 spiro atoms. The molecule has 1 amide bonds. The van der Waals surface area contributed by atoms with Gasteiger partial charge in [-0.05, 0) is 37.3 Å². The normalized spacial score (nSPS) is 25.6. The molecule has 0 saturated carbocycles. The standard InChI is InChI=1S/C22H34N2O5/c1-15(2)12-23-13-19(25)18(9-8-16-6-4-3-5-7-16)24-22(26)29-20-14-28-21-17(20)10-11-27-21/h3-7,15,17-21,23,25H,8-14H2,1-2H3,(H,24,26). The van der Waals surface area contributed by atoms with Gasteiger partial charge in [-0.25, -0.2) is 4.79 Å². The van der Waals surface area contributed by atoms with Gasteiger partial charge in [-0.1, -0.05) is 44.2 Å². The monoisotopic (exact) mass is 406 g/mol. The first-order chi connectivity index (χ1) is 14.0. The molecule has 0 aromatic heterocycles. The highest BCUT2D eigenvalue weighted by molar-refractivity contribution is 5.68. The lowest BCUT2D eigenvalue weighted by Crippen LogP contribution is -2.49. The molecule has 2 fully saturated rings. The molecule has 2 aliphatic rings. The van der Waals surface area contributed by atoms with Crippen molar-refractivity contribution < 1.29 is 24.1 Å². The number of nitrogens with one attached hydrogen (secondary N) is 2. The van der Waals surface area contributed by atoms with Crippen molar-refractivity contribution in [1.29, 1.82) is 0 Å². The van der Waals surface area contributed by atoms with Crippen LogP contribution in [0.1, 0.15) is 32.3 Å². The molecule has 3 N–H and O–H groups in total. The number of aliphatic hydroxyl groups excluding tert-OH is 1. The van der Waals surface area contributed by atoms with E-state index >= 15 is 0 Å². The van der Waals surface area contributed by atoms with Crippen LogP contribution >= 0.6 is 0 Å². The second-order valence-electron chi connectivity index (χ2n) is 8.36. The van der Waals surface area contributed by atoms with Crippen LogP contribution in [0.2, 0.25) is 0 Å². The van der Waals surface area contributed by atoms with Gasteiger partial charge in [0.05, 0.1) is 31.3 Å². The topological polar surface area (TPSA) is 89.1 Å². The second kappa shape index (κ2) is 10.9. The summed E-state index contributed by atoms with van der Waals surface area (Å²) in [5, 5.41) is 16.8. The first kappa shape index (κ1) is 22.0. The van der Waals surface area contributed by atoms with Gasteiger partial charge in [0.25, 0.3) is 0 Å². The first-order valence-corrected chi connectivity index (χ1v) is 10.7. The zero-order chi connectivity index (χ0) is 20.6. The van der Waals surface area contributed by atoms with Gasteiger partial charge in [0, 0.05) is 6.54 Å². The summed E-state index contributed by atoms with van der Waals surface area (Å²) in [6.07, 6.45) is 0.459. The number of hydrogen-bond donors (Lipinski definition) is 3. The molecule has 2 aliphatic heterocycles. The van der Waals surface area contributed by atoms with Crippen molar-refractivity contribution in [3.05, 3.63) is 35.9 Å². The van der Waals surface area contributed by atoms with E-state index in [0.717, 1.165) is 19.4 Å². The van der Waals surface area contributed by atoms with E-state index in [2.05, 4.69) is 36.6 Å². The third-order valence-electron chi connectivity index (χ3n) is 5.50. The second-order valence-corrected chi connectivity index (χ2v) is 8.36. The molecule has 1 aromatic carbocycles. The van der Waals surface area contributed by atoms with E-state index in [0.29, 0.717) is 32.1 Å². The van der Waals surface area contributed by atoms with Gasteiger partial charge in [0.1, 0.15) is 6.10 Å². The highest BCUT2D eigenvalue weighted by atomic mass is 16.7. The fourth-order valence-corrected chi connectivity index (χ4v) is 3.86. The van der Waals surface area contributed by atoms with Gasteiger partial charge in [0.2, 0.25) is 0 Å². The number of amides is 1. The average Bonchev–Trinajstić information content (AvgIpc) is 3.30. The SMILES string of the molecule is CC(C)CNCC(O)C(CCc1ccccc1)NC(=O)OC1COC2OCCC12. The van der Waals surface area contributed by atoms with E-state index in [1.807, 2.05) is 18.2 Å². The summed E-state index contributed by atoms with van der Waals surface area (Å²) >= 11 is 0. The molecule has 2 heterocycles. The van der Waals surface area contributed by atoms with Crippen LogP contribution in [0.25, 0.3) is 0 Å². The number of aryl methyl sites for hydroxylation is 1. The third-order valence-corrected chi connectivity index (χ3v) is 5.50. The zero-order valence-corrected chi connectivity index (χ0v) is 17.4. The Balaban J connectivity index is 1.53. The van der Waals surface area contributed by atoms with Gasteiger partial charge < -0.3 is 30.0 Å². The van der Waals surface area contributed by atoms with Crippen molar-refractivity contribution in [3.63, 3.8) is 0 Å². The van der Waals surface area contributed by atoms with Crippen LogP contribution < -0.4 is 10.6 Å². The number of alkyl carbamates (subject to hydrolysis) is 1. The molecule has 5 atom stereocenters. The Bertz CT molecular complexity index is 627. The molecule has 0 bridgehead atoms. The van der Waals surface area contributed by atoms with E-state index in [1.54, 1.807) is 0 Å². The Morgan fingerprint density at radius 2 is 2.03 bits per heavy atom. The number of fused-ring (bicyclic) bond motifs is 1. The van der Waals surface area contributed by atoms with Crippen molar-refractivity contribution in [2.75, 3.05) is 26.3 Å². The van der Waals surface area contributed by atoms with Crippen LogP contribution in [0.15, 0.2) is 30.3 Å². The molecule has 29 heavy (non-hydrogen) atoms. The van der Waals surface area contributed by atoms with Gasteiger partial charge >= 0.3 is 6.09 Å². The average molecular weight is 407 g/mol. The summed E-state index contributed by atoms with van der Waals surface area (Å²) in [4.78, 5) is 12.5.